The van der Waals surface area contributed by atoms with Crippen LogP contribution in [-0.2, 0) is 25.5 Å². The van der Waals surface area contributed by atoms with Gasteiger partial charge in [-0.1, -0.05) is 59.1 Å². The highest BCUT2D eigenvalue weighted by Gasteiger charge is 2.77. The number of aliphatic carboxylic acids is 1. The molecule has 422 valence electrons. The molecule has 7 fully saturated rings. The number of amides is 1. The number of H-pyrrole nitrogens is 2. The Hall–Kier alpha value is -3.54. The van der Waals surface area contributed by atoms with Crippen LogP contribution < -0.4 is 16.4 Å². The highest BCUT2D eigenvalue weighted by Crippen LogP contribution is 2.79. The third-order valence-electron chi connectivity index (χ3n) is 23.8. The molecule has 0 unspecified atom stereocenters. The number of nitrogens with zero attached hydrogens (tertiary/aromatic N) is 2. The van der Waals surface area contributed by atoms with Crippen LogP contribution in [0.5, 0.6) is 0 Å². The highest BCUT2D eigenvalue weighted by molar-refractivity contribution is 5.86. The van der Waals surface area contributed by atoms with E-state index in [4.69, 9.17) is 15.2 Å². The van der Waals surface area contributed by atoms with E-state index in [1.807, 2.05) is 6.92 Å². The minimum atomic E-state index is -1.69. The van der Waals surface area contributed by atoms with Gasteiger partial charge in [0.2, 0.25) is 5.91 Å². The van der Waals surface area contributed by atoms with Crippen molar-refractivity contribution in [3.63, 3.8) is 0 Å². The van der Waals surface area contributed by atoms with Crippen LogP contribution in [0.2, 0.25) is 0 Å². The summed E-state index contributed by atoms with van der Waals surface area (Å²) in [6.45, 7) is 10.6. The fourth-order valence-electron chi connectivity index (χ4n) is 19.8. The van der Waals surface area contributed by atoms with Crippen molar-refractivity contribution in [1.29, 1.82) is 0 Å². The Bertz CT molecular complexity index is 2520. The first-order chi connectivity index (χ1) is 36.0. The number of aromatic nitrogens is 4. The molecule has 9 aliphatic rings. The smallest absolute Gasteiger partial charge is 0.310 e. The molecule has 0 aromatic carbocycles. The van der Waals surface area contributed by atoms with Gasteiger partial charge in [0.15, 0.2) is 6.29 Å². The van der Waals surface area contributed by atoms with E-state index >= 15 is 0 Å². The summed E-state index contributed by atoms with van der Waals surface area (Å²) in [5.74, 6) is -3.78. The van der Waals surface area contributed by atoms with E-state index in [1.54, 1.807) is 12.5 Å². The number of nitrogens with one attached hydrogen (secondary N) is 4. The molecule has 0 bridgehead atoms. The average molecular weight is 1060 g/mol. The zero-order chi connectivity index (χ0) is 54.3. The lowest BCUT2D eigenvalue weighted by Crippen LogP contribution is -2.74. The molecule has 2 aromatic rings. The van der Waals surface area contributed by atoms with E-state index in [9.17, 15) is 55.5 Å². The maximum Gasteiger partial charge on any atom is 0.310 e. The average Bonchev–Trinajstić information content (AvgIpc) is 4.32. The number of hydrogen-bond donors (Lipinski definition) is 14. The third-order valence-corrected chi connectivity index (χ3v) is 23.8. The number of anilines is 1. The molecule has 6 aliphatic carbocycles. The Kier molecular flexibility index (Phi) is 13.6. The zero-order valence-electron chi connectivity index (χ0n) is 44.8. The summed E-state index contributed by atoms with van der Waals surface area (Å²) in [7, 11) is 0. The van der Waals surface area contributed by atoms with Crippen molar-refractivity contribution in [2.24, 2.45) is 85.1 Å². The molecule has 0 radical (unpaired) electrons. The summed E-state index contributed by atoms with van der Waals surface area (Å²) in [6.07, 6.45) is 2.39. The second kappa shape index (κ2) is 19.1. The Balaban J connectivity index is 1.10. The number of imidazole rings is 2. The van der Waals surface area contributed by atoms with Crippen LogP contribution in [0, 0.1) is 79.3 Å². The van der Waals surface area contributed by atoms with Crippen LogP contribution in [0.25, 0.3) is 0 Å². The van der Waals surface area contributed by atoms with Gasteiger partial charge in [-0.25, -0.2) is 9.97 Å². The van der Waals surface area contributed by atoms with E-state index < -0.39 is 129 Å². The van der Waals surface area contributed by atoms with E-state index in [0.29, 0.717) is 75.8 Å². The number of nitrogens with two attached hydrogens (primary N) is 1. The Morgan fingerprint density at radius 3 is 2.34 bits per heavy atom. The largest absolute Gasteiger partial charge is 0.481 e. The number of aromatic amines is 2. The Morgan fingerprint density at radius 2 is 1.67 bits per heavy atom. The Labute approximate surface area is 444 Å². The van der Waals surface area contributed by atoms with Gasteiger partial charge in [-0.3, -0.25) is 9.59 Å². The van der Waals surface area contributed by atoms with Crippen LogP contribution in [0.1, 0.15) is 129 Å². The predicted molar refractivity (Wildman–Crippen MR) is 274 cm³/mol. The Morgan fingerprint density at radius 1 is 0.921 bits per heavy atom. The standard InChI is InChI=1S/C56H85N7O13/c1-50(23-64)14-15-56(49(73)74)31(19-50)27-8-9-38-52(3,54(27,5)28-17-33-46(62-26-61-33)59-20-32(28)56)13-10-37-51(2,24-65)45(76-47-44(71)43(70)36(67)22-75-47)42(69)30(53(37,38)4)16-29-41(63-48(72)55(29)11-6-7-12-55)40(34-21-58-25-60-34)35(66)18-39(57)68/h8,21,25-26,28-32,35-45,47,59,64-71H,6-7,9-20,22-24,57H2,1-5H3,(H,58,60)(H,61,62)(H,63,72)(H,73,74)/t28-,29+,30-,31+,32+,35-,36-,37-,38+,39+,40+,41-,42-,43+,44-,45-,47+,50+,51+,52-,53+,54+,56-/m1/s1. The van der Waals surface area contributed by atoms with Crippen molar-refractivity contribution in [2.75, 3.05) is 31.7 Å². The summed E-state index contributed by atoms with van der Waals surface area (Å²) in [5.41, 5.74) is 2.70. The summed E-state index contributed by atoms with van der Waals surface area (Å²) < 4.78 is 12.7. The van der Waals surface area contributed by atoms with Crippen LogP contribution >= 0.6 is 0 Å². The van der Waals surface area contributed by atoms with Crippen molar-refractivity contribution in [3.05, 3.63) is 41.9 Å². The number of fused-ring (bicyclic) bond motifs is 11. The zero-order valence-corrected chi connectivity index (χ0v) is 44.8. The van der Waals surface area contributed by atoms with Crippen LogP contribution in [0.15, 0.2) is 30.5 Å². The number of hydrogen-bond acceptors (Lipinski definition) is 16. The van der Waals surface area contributed by atoms with E-state index in [-0.39, 0.29) is 55.6 Å². The highest BCUT2D eigenvalue weighted by atomic mass is 16.7. The first-order valence-electron chi connectivity index (χ1n) is 28.3. The normalized spacial score (nSPS) is 47.6. The lowest BCUT2D eigenvalue weighted by atomic mass is 9.29. The van der Waals surface area contributed by atoms with Crippen molar-refractivity contribution >= 4 is 17.7 Å². The fraction of sp³-hybridized carbons (Fsp3) is 0.821. The molecule has 2 aromatic heterocycles. The number of aliphatic hydroxyl groups excluding tert-OH is 8. The van der Waals surface area contributed by atoms with Crippen molar-refractivity contribution in [3.8, 4) is 0 Å². The molecule has 5 heterocycles. The van der Waals surface area contributed by atoms with Crippen LogP contribution in [0.4, 0.5) is 5.82 Å². The van der Waals surface area contributed by atoms with Gasteiger partial charge in [0, 0.05) is 48.8 Å². The van der Waals surface area contributed by atoms with Gasteiger partial charge in [0.25, 0.3) is 0 Å². The quantitative estimate of drug-likeness (QED) is 0.0824. The van der Waals surface area contributed by atoms with E-state index in [2.05, 4.69) is 64.3 Å². The second-order valence-electron chi connectivity index (χ2n) is 26.8. The van der Waals surface area contributed by atoms with Gasteiger partial charge in [-0.2, -0.15) is 0 Å². The second-order valence-corrected chi connectivity index (χ2v) is 26.8. The molecule has 23 atom stereocenters. The minimum Gasteiger partial charge on any atom is -0.481 e. The number of carbonyl (C=O) groups is 2. The van der Waals surface area contributed by atoms with Crippen molar-refractivity contribution in [1.82, 2.24) is 25.3 Å². The lowest BCUT2D eigenvalue weighted by molar-refractivity contribution is -0.341. The topological polar surface area (TPSA) is 342 Å². The molecular weight excluding hydrogens is 979 g/mol. The van der Waals surface area contributed by atoms with Crippen molar-refractivity contribution in [2.45, 2.75) is 179 Å². The van der Waals surface area contributed by atoms with Gasteiger partial charge in [0.1, 0.15) is 30.4 Å². The number of allylic oxidation sites excluding steroid dienone is 2. The molecule has 5 saturated carbocycles. The van der Waals surface area contributed by atoms with Gasteiger partial charge >= 0.3 is 5.97 Å². The lowest BCUT2D eigenvalue weighted by Gasteiger charge is -2.75. The molecule has 2 saturated heterocycles. The first kappa shape index (κ1) is 54.4. The summed E-state index contributed by atoms with van der Waals surface area (Å²) >= 11 is 0. The SMILES string of the molecule is C[C@]1(CO)CC[C@@]2(C(=O)O)[C@@H](C1)C1=CC[C@@H]3[C@@]4(C)[C@H](C[C@H]5[C@H]([C@@H](c6cnc[nH]6)[C@H](O)C[C@@H](N)O)NC(=O)C56CCCC6)[C@@H](O)[C@@H](O[C@@H]5OC[C@@H](O)[C@H](O)[C@H]5O)[C@@](C)(CO)[C@H]4CC[C@@]3(C)[C@]1(C)[C@@H]1Cc3[nH]cnc3NC[C@@H]12. The van der Waals surface area contributed by atoms with Crippen LogP contribution in [0.3, 0.4) is 0 Å². The van der Waals surface area contributed by atoms with Gasteiger partial charge in [-0.15, -0.1) is 0 Å². The summed E-state index contributed by atoms with van der Waals surface area (Å²) in [4.78, 5) is 45.0. The molecule has 1 amide bonds. The maximum atomic E-state index is 15.0. The number of ether oxygens (including phenoxy) is 2. The number of carboxylic acids is 1. The van der Waals surface area contributed by atoms with Gasteiger partial charge in [-0.05, 0) is 127 Å². The first-order valence-corrected chi connectivity index (χ1v) is 28.3. The van der Waals surface area contributed by atoms with Crippen molar-refractivity contribution < 1.29 is 65.0 Å². The molecule has 76 heavy (non-hydrogen) atoms. The number of rotatable bonds is 12. The fourth-order valence-corrected chi connectivity index (χ4v) is 19.8. The predicted octanol–water partition coefficient (Wildman–Crippen LogP) is 2.28. The molecule has 3 aliphatic heterocycles. The third kappa shape index (κ3) is 7.53. The van der Waals surface area contributed by atoms with Crippen LogP contribution in [-0.4, -0.2) is 159 Å². The molecule has 15 N–H and O–H groups in total. The molecule has 11 rings (SSSR count). The minimum absolute atomic E-state index is 0.0687. The number of carboxylic acid groups (broad SMARTS) is 1. The number of aliphatic hydroxyl groups is 8. The molecule has 20 heteroatoms. The molecular formula is C56H85N7O13. The molecule has 1 spiro atoms. The van der Waals surface area contributed by atoms with E-state index in [0.717, 1.165) is 24.1 Å². The monoisotopic (exact) mass is 1060 g/mol. The van der Waals surface area contributed by atoms with Gasteiger partial charge in [0.05, 0.1) is 60.7 Å². The summed E-state index contributed by atoms with van der Waals surface area (Å²) in [5, 5.41) is 111. The number of carbonyl (C=O) groups excluding carboxylic acids is 1. The summed E-state index contributed by atoms with van der Waals surface area (Å²) in [6, 6.07) is -0.720. The maximum absolute atomic E-state index is 15.0. The van der Waals surface area contributed by atoms with E-state index in [1.165, 1.54) is 6.33 Å². The molecule has 20 nitrogen and oxygen atoms in total. The van der Waals surface area contributed by atoms with Gasteiger partial charge < -0.3 is 81.8 Å².